The molecule has 2 aromatic carbocycles. The molecule has 0 saturated carbocycles. The smallest absolute Gasteiger partial charge is 0.259 e. The van der Waals surface area contributed by atoms with Crippen molar-refractivity contribution in [3.63, 3.8) is 0 Å². The van der Waals surface area contributed by atoms with Crippen molar-refractivity contribution in [2.24, 2.45) is 5.10 Å². The highest BCUT2D eigenvalue weighted by atomic mass is 79.9. The summed E-state index contributed by atoms with van der Waals surface area (Å²) >= 11 is 3.38. The first-order valence-corrected chi connectivity index (χ1v) is 9.69. The summed E-state index contributed by atoms with van der Waals surface area (Å²) in [5.74, 6) is 0.471. The molecule has 0 bridgehead atoms. The first-order valence-electron chi connectivity index (χ1n) is 8.89. The Balaban J connectivity index is 1.85. The molecule has 0 unspecified atom stereocenters. The number of nitrogens with zero attached hydrogens (tertiary/aromatic N) is 1. The second kappa shape index (κ2) is 11.7. The number of amides is 2. The second-order valence-electron chi connectivity index (χ2n) is 5.72. The van der Waals surface area contributed by atoms with Gasteiger partial charge >= 0.3 is 0 Å². The molecule has 2 rings (SSSR count). The van der Waals surface area contributed by atoms with Crippen LogP contribution >= 0.6 is 15.9 Å². The molecule has 0 aromatic heterocycles. The number of carbonyl (C=O) groups excluding carboxylic acids is 2. The van der Waals surface area contributed by atoms with Crippen molar-refractivity contribution in [3.8, 4) is 11.5 Å². The summed E-state index contributed by atoms with van der Waals surface area (Å²) < 4.78 is 11.7. The van der Waals surface area contributed by atoms with Gasteiger partial charge in [-0.15, -0.1) is 0 Å². The third-order valence-corrected chi connectivity index (χ3v) is 4.05. The van der Waals surface area contributed by atoms with Gasteiger partial charge in [0.15, 0.2) is 0 Å². The molecule has 29 heavy (non-hydrogen) atoms. The number of halogens is 1. The van der Waals surface area contributed by atoms with E-state index in [1.54, 1.807) is 36.4 Å². The predicted octanol–water partition coefficient (Wildman–Crippen LogP) is 3.29. The number of benzene rings is 2. The fourth-order valence-electron chi connectivity index (χ4n) is 2.25. The van der Waals surface area contributed by atoms with Crippen LogP contribution in [0.1, 0.15) is 22.8 Å². The van der Waals surface area contributed by atoms with Crippen molar-refractivity contribution in [3.05, 3.63) is 70.7 Å². The van der Waals surface area contributed by atoms with E-state index in [2.05, 4.69) is 38.4 Å². The second-order valence-corrected chi connectivity index (χ2v) is 6.63. The summed E-state index contributed by atoms with van der Waals surface area (Å²) in [6, 6.07) is 12.1. The van der Waals surface area contributed by atoms with Crippen LogP contribution in [0.25, 0.3) is 0 Å². The van der Waals surface area contributed by atoms with E-state index < -0.39 is 5.91 Å². The molecule has 7 nitrogen and oxygen atoms in total. The summed E-state index contributed by atoms with van der Waals surface area (Å²) in [6.07, 6.45) is 3.10. The summed E-state index contributed by atoms with van der Waals surface area (Å²) in [7, 11) is 0. The number of hydrogen-bond donors (Lipinski definition) is 2. The lowest BCUT2D eigenvalue weighted by Gasteiger charge is -2.08. The number of nitrogens with one attached hydrogen (secondary N) is 2. The Labute approximate surface area is 177 Å². The molecule has 0 saturated heterocycles. The van der Waals surface area contributed by atoms with E-state index >= 15 is 0 Å². The van der Waals surface area contributed by atoms with Crippen LogP contribution in [-0.4, -0.2) is 37.8 Å². The first-order chi connectivity index (χ1) is 14.0. The fourth-order valence-corrected chi connectivity index (χ4v) is 2.62. The molecule has 8 heteroatoms. The Morgan fingerprint density at radius 1 is 1.17 bits per heavy atom. The van der Waals surface area contributed by atoms with Crippen molar-refractivity contribution in [2.75, 3.05) is 19.8 Å². The molecule has 0 aliphatic rings. The highest BCUT2D eigenvalue weighted by Gasteiger charge is 2.08. The Hall–Kier alpha value is -3.13. The Morgan fingerprint density at radius 3 is 2.62 bits per heavy atom. The van der Waals surface area contributed by atoms with E-state index in [1.165, 1.54) is 6.21 Å². The molecule has 0 radical (unpaired) electrons. The van der Waals surface area contributed by atoms with Crippen molar-refractivity contribution >= 4 is 34.0 Å². The number of carbonyl (C=O) groups is 2. The highest BCUT2D eigenvalue weighted by Crippen LogP contribution is 2.21. The van der Waals surface area contributed by atoms with Crippen molar-refractivity contribution in [1.82, 2.24) is 10.7 Å². The summed E-state index contributed by atoms with van der Waals surface area (Å²) in [4.78, 5) is 24.0. The molecule has 2 N–H and O–H groups in total. The van der Waals surface area contributed by atoms with Crippen LogP contribution < -0.4 is 20.2 Å². The maximum Gasteiger partial charge on any atom is 0.259 e. The SMILES string of the molecule is C=CCOc1ccc(Br)cc1/C=N\NC(=O)CNC(=O)c1ccc(OCC)cc1. The molecular weight excluding hydrogens is 438 g/mol. The van der Waals surface area contributed by atoms with Gasteiger partial charge in [0.05, 0.1) is 19.4 Å². The summed E-state index contributed by atoms with van der Waals surface area (Å²) in [6.45, 7) is 6.19. The van der Waals surface area contributed by atoms with E-state index in [9.17, 15) is 9.59 Å². The molecule has 152 valence electrons. The van der Waals surface area contributed by atoms with E-state index in [4.69, 9.17) is 9.47 Å². The van der Waals surface area contributed by atoms with Crippen LogP contribution in [-0.2, 0) is 4.79 Å². The van der Waals surface area contributed by atoms with Crippen LogP contribution in [0.3, 0.4) is 0 Å². The van der Waals surface area contributed by atoms with E-state index in [-0.39, 0.29) is 12.5 Å². The van der Waals surface area contributed by atoms with Gasteiger partial charge < -0.3 is 14.8 Å². The minimum Gasteiger partial charge on any atom is -0.494 e. The van der Waals surface area contributed by atoms with Gasteiger partial charge in [0.1, 0.15) is 18.1 Å². The van der Waals surface area contributed by atoms with Crippen LogP contribution in [0.5, 0.6) is 11.5 Å². The zero-order valence-corrected chi connectivity index (χ0v) is 17.6. The van der Waals surface area contributed by atoms with Crippen molar-refractivity contribution in [1.29, 1.82) is 0 Å². The van der Waals surface area contributed by atoms with Crippen LogP contribution in [0, 0.1) is 0 Å². The zero-order valence-electron chi connectivity index (χ0n) is 16.0. The van der Waals surface area contributed by atoms with Crippen LogP contribution in [0.2, 0.25) is 0 Å². The van der Waals surface area contributed by atoms with E-state index in [1.807, 2.05) is 19.1 Å². The summed E-state index contributed by atoms with van der Waals surface area (Å²) in [5, 5.41) is 6.45. The van der Waals surface area contributed by atoms with Gasteiger partial charge in [-0.2, -0.15) is 5.10 Å². The molecule has 0 spiro atoms. The predicted molar refractivity (Wildman–Crippen MR) is 116 cm³/mol. The Bertz CT molecular complexity index is 882. The standard InChI is InChI=1S/C21H22BrN3O4/c1-3-11-29-19-10-7-17(22)12-16(19)13-24-25-20(26)14-23-21(27)15-5-8-18(9-6-15)28-4-2/h3,5-10,12-13H,1,4,11,14H2,2H3,(H,23,27)(H,25,26)/b24-13-. The van der Waals surface area contributed by atoms with Crippen molar-refractivity contribution < 1.29 is 19.1 Å². The third kappa shape index (κ3) is 7.42. The Kier molecular flexibility index (Phi) is 8.91. The zero-order chi connectivity index (χ0) is 21.1. The highest BCUT2D eigenvalue weighted by molar-refractivity contribution is 9.10. The quantitative estimate of drug-likeness (QED) is 0.324. The molecule has 2 amide bonds. The van der Waals surface area contributed by atoms with Crippen LogP contribution in [0.15, 0.2) is 64.7 Å². The lowest BCUT2D eigenvalue weighted by molar-refractivity contribution is -0.120. The average Bonchev–Trinajstić information content (AvgIpc) is 2.72. The third-order valence-electron chi connectivity index (χ3n) is 3.56. The number of rotatable bonds is 10. The normalized spacial score (nSPS) is 10.4. The largest absolute Gasteiger partial charge is 0.494 e. The van der Waals surface area contributed by atoms with Gasteiger partial charge in [0.25, 0.3) is 11.8 Å². The van der Waals surface area contributed by atoms with Gasteiger partial charge in [-0.25, -0.2) is 5.43 Å². The maximum atomic E-state index is 12.1. The molecule has 0 aliphatic heterocycles. The molecule has 0 fully saturated rings. The minimum atomic E-state index is -0.455. The number of hydrogen-bond acceptors (Lipinski definition) is 5. The first kappa shape index (κ1) is 22.2. The minimum absolute atomic E-state index is 0.207. The fraction of sp³-hybridized carbons (Fsp3) is 0.190. The molecule has 0 atom stereocenters. The monoisotopic (exact) mass is 459 g/mol. The molecule has 0 heterocycles. The van der Waals surface area contributed by atoms with E-state index in [0.717, 1.165) is 4.47 Å². The van der Waals surface area contributed by atoms with Crippen molar-refractivity contribution in [2.45, 2.75) is 6.92 Å². The lowest BCUT2D eigenvalue weighted by atomic mass is 10.2. The number of ether oxygens (including phenoxy) is 2. The lowest BCUT2D eigenvalue weighted by Crippen LogP contribution is -2.34. The summed E-state index contributed by atoms with van der Waals surface area (Å²) in [5.41, 5.74) is 3.49. The average molecular weight is 460 g/mol. The maximum absolute atomic E-state index is 12.1. The molecule has 2 aromatic rings. The molecule has 0 aliphatic carbocycles. The van der Waals surface area contributed by atoms with Gasteiger partial charge in [0, 0.05) is 15.6 Å². The molecular formula is C21H22BrN3O4. The number of hydrazone groups is 1. The van der Waals surface area contributed by atoms with Crippen LogP contribution in [0.4, 0.5) is 0 Å². The van der Waals surface area contributed by atoms with Gasteiger partial charge in [-0.1, -0.05) is 28.6 Å². The topological polar surface area (TPSA) is 89.0 Å². The van der Waals surface area contributed by atoms with Gasteiger partial charge in [-0.05, 0) is 49.4 Å². The van der Waals surface area contributed by atoms with Gasteiger partial charge in [-0.3, -0.25) is 9.59 Å². The van der Waals surface area contributed by atoms with E-state index in [0.29, 0.717) is 35.8 Å². The Morgan fingerprint density at radius 2 is 1.93 bits per heavy atom. The van der Waals surface area contributed by atoms with Gasteiger partial charge in [0.2, 0.25) is 0 Å².